The number of fused-ring (bicyclic) bond motifs is 2. The number of pyridine rings is 1. The Morgan fingerprint density at radius 1 is 0.967 bits per heavy atom. The van der Waals surface area contributed by atoms with E-state index in [0.29, 0.717) is 6.61 Å². The van der Waals surface area contributed by atoms with Crippen molar-refractivity contribution >= 4 is 10.9 Å². The maximum atomic E-state index is 11.3. The van der Waals surface area contributed by atoms with E-state index >= 15 is 0 Å². The first-order chi connectivity index (χ1) is 14.7. The van der Waals surface area contributed by atoms with Crippen LogP contribution in [0.15, 0.2) is 54.6 Å². The lowest BCUT2D eigenvalue weighted by Crippen LogP contribution is -2.26. The van der Waals surface area contributed by atoms with Crippen molar-refractivity contribution in [2.24, 2.45) is 5.41 Å². The summed E-state index contributed by atoms with van der Waals surface area (Å²) in [5, 5.41) is 12.4. The van der Waals surface area contributed by atoms with E-state index in [1.807, 2.05) is 36.4 Å². The van der Waals surface area contributed by atoms with Gasteiger partial charge in [0.25, 0.3) is 0 Å². The van der Waals surface area contributed by atoms with E-state index in [4.69, 9.17) is 9.72 Å². The van der Waals surface area contributed by atoms with E-state index in [1.54, 1.807) is 0 Å². The van der Waals surface area contributed by atoms with Crippen molar-refractivity contribution in [1.29, 1.82) is 0 Å². The predicted molar refractivity (Wildman–Crippen MR) is 123 cm³/mol. The maximum Gasteiger partial charge on any atom is 0.130 e. The van der Waals surface area contributed by atoms with Gasteiger partial charge >= 0.3 is 0 Å². The van der Waals surface area contributed by atoms with Crippen molar-refractivity contribution in [2.75, 3.05) is 0 Å². The molecule has 158 valence electrons. The van der Waals surface area contributed by atoms with Crippen molar-refractivity contribution in [3.05, 3.63) is 71.4 Å². The van der Waals surface area contributed by atoms with Gasteiger partial charge in [-0.25, -0.2) is 4.98 Å². The number of nitrogens with zero attached hydrogens (tertiary/aromatic N) is 1. The molecule has 0 spiro atoms. The summed E-state index contributed by atoms with van der Waals surface area (Å²) < 4.78 is 6.26. The van der Waals surface area contributed by atoms with Crippen molar-refractivity contribution in [3.8, 4) is 5.75 Å². The molecular weight excluding hydrogens is 370 g/mol. The fourth-order valence-corrected chi connectivity index (χ4v) is 4.92. The number of hydrogen-bond acceptors (Lipinski definition) is 3. The lowest BCUT2D eigenvalue weighted by molar-refractivity contribution is 0.0215. The van der Waals surface area contributed by atoms with Crippen molar-refractivity contribution in [1.82, 2.24) is 4.98 Å². The van der Waals surface area contributed by atoms with Crippen LogP contribution in [0.1, 0.15) is 75.3 Å². The molecule has 0 saturated carbocycles. The number of aliphatic hydroxyl groups is 1. The molecule has 1 aliphatic carbocycles. The van der Waals surface area contributed by atoms with Gasteiger partial charge in [-0.1, -0.05) is 75.9 Å². The van der Waals surface area contributed by atoms with Gasteiger partial charge in [-0.3, -0.25) is 0 Å². The molecule has 0 saturated heterocycles. The van der Waals surface area contributed by atoms with Crippen LogP contribution in [-0.4, -0.2) is 10.1 Å². The summed E-state index contributed by atoms with van der Waals surface area (Å²) in [6, 6.07) is 18.4. The Morgan fingerprint density at radius 3 is 2.50 bits per heavy atom. The van der Waals surface area contributed by atoms with Gasteiger partial charge in [-0.05, 0) is 43.0 Å². The Labute approximate surface area is 180 Å². The van der Waals surface area contributed by atoms with E-state index in [1.165, 1.54) is 5.56 Å². The number of aliphatic hydroxyl groups excluding tert-OH is 1. The van der Waals surface area contributed by atoms with E-state index in [9.17, 15) is 5.11 Å². The molecule has 1 aliphatic rings. The van der Waals surface area contributed by atoms with E-state index in [2.05, 4.69) is 32.0 Å². The number of hydrogen-bond donors (Lipinski definition) is 1. The molecule has 0 fully saturated rings. The van der Waals surface area contributed by atoms with Crippen LogP contribution in [0.3, 0.4) is 0 Å². The predicted octanol–water partition coefficient (Wildman–Crippen LogP) is 6.77. The van der Waals surface area contributed by atoms with Crippen LogP contribution in [0.5, 0.6) is 5.75 Å². The Bertz CT molecular complexity index is 989. The Morgan fingerprint density at radius 2 is 1.73 bits per heavy atom. The first-order valence-electron chi connectivity index (χ1n) is 11.4. The monoisotopic (exact) mass is 403 g/mol. The average molecular weight is 404 g/mol. The first-order valence-corrected chi connectivity index (χ1v) is 11.4. The van der Waals surface area contributed by atoms with Crippen LogP contribution in [0.4, 0.5) is 0 Å². The fraction of sp³-hybridized carbons (Fsp3) is 0.444. The van der Waals surface area contributed by atoms with Gasteiger partial charge in [0.15, 0.2) is 0 Å². The molecule has 4 rings (SSSR count). The van der Waals surface area contributed by atoms with Crippen LogP contribution < -0.4 is 4.74 Å². The first kappa shape index (κ1) is 20.9. The fourth-order valence-electron chi connectivity index (χ4n) is 4.92. The Kier molecular flexibility index (Phi) is 6.38. The van der Waals surface area contributed by atoms with Crippen molar-refractivity contribution in [3.63, 3.8) is 0 Å². The summed E-state index contributed by atoms with van der Waals surface area (Å²) in [5.74, 6) is 0.899. The summed E-state index contributed by atoms with van der Waals surface area (Å²) >= 11 is 0. The van der Waals surface area contributed by atoms with E-state index in [0.717, 1.165) is 72.9 Å². The van der Waals surface area contributed by atoms with Crippen LogP contribution in [-0.2, 0) is 13.0 Å². The maximum absolute atomic E-state index is 11.3. The van der Waals surface area contributed by atoms with Gasteiger partial charge in [0.05, 0.1) is 17.3 Å². The zero-order chi connectivity index (χ0) is 21.0. The molecule has 30 heavy (non-hydrogen) atoms. The third-order valence-corrected chi connectivity index (χ3v) is 6.66. The quantitative estimate of drug-likeness (QED) is 0.429. The minimum absolute atomic E-state index is 0.0466. The standard InChI is InChI=1S/C27H33NO2/c1-3-5-16-27(17-6-4-2)18-23-22(26(27)29)11-9-13-25(23)30-19-21-15-14-20-10-7-8-12-24(20)28-21/h7-15,26,29H,3-6,16-19H2,1-2H3. The van der Waals surface area contributed by atoms with Gasteiger partial charge in [-0.2, -0.15) is 0 Å². The lowest BCUT2D eigenvalue weighted by Gasteiger charge is -2.33. The number of aromatic nitrogens is 1. The Balaban J connectivity index is 1.55. The summed E-state index contributed by atoms with van der Waals surface area (Å²) in [4.78, 5) is 4.73. The van der Waals surface area contributed by atoms with E-state index in [-0.39, 0.29) is 5.41 Å². The van der Waals surface area contributed by atoms with Crippen LogP contribution in [0.25, 0.3) is 10.9 Å². The molecule has 1 aromatic heterocycles. The van der Waals surface area contributed by atoms with Gasteiger partial charge in [0.1, 0.15) is 12.4 Å². The molecule has 3 heteroatoms. The number of unbranched alkanes of at least 4 members (excludes halogenated alkanes) is 2. The summed E-state index contributed by atoms with van der Waals surface area (Å²) in [6.45, 7) is 4.90. The summed E-state index contributed by atoms with van der Waals surface area (Å²) in [6.07, 6.45) is 7.30. The largest absolute Gasteiger partial charge is 0.487 e. The molecule has 1 atom stereocenters. The number of rotatable bonds is 9. The summed E-state index contributed by atoms with van der Waals surface area (Å²) in [7, 11) is 0. The second-order valence-corrected chi connectivity index (χ2v) is 8.76. The molecule has 1 heterocycles. The van der Waals surface area contributed by atoms with Crippen molar-refractivity contribution < 1.29 is 9.84 Å². The number of para-hydroxylation sites is 1. The Hall–Kier alpha value is -2.39. The smallest absolute Gasteiger partial charge is 0.130 e. The van der Waals surface area contributed by atoms with E-state index < -0.39 is 6.10 Å². The molecular formula is C27H33NO2. The van der Waals surface area contributed by atoms with Gasteiger partial charge in [0, 0.05) is 16.4 Å². The SMILES string of the molecule is CCCCC1(CCCC)Cc2c(OCc3ccc4ccccc4n3)cccc2C1O. The average Bonchev–Trinajstić information content (AvgIpc) is 3.07. The van der Waals surface area contributed by atoms with Gasteiger partial charge in [0.2, 0.25) is 0 Å². The minimum atomic E-state index is -0.395. The molecule has 0 bridgehead atoms. The normalized spacial score (nSPS) is 17.2. The second-order valence-electron chi connectivity index (χ2n) is 8.76. The van der Waals surface area contributed by atoms with Gasteiger partial charge in [-0.15, -0.1) is 0 Å². The summed E-state index contributed by atoms with van der Waals surface area (Å²) in [5.41, 5.74) is 4.12. The van der Waals surface area contributed by atoms with Crippen molar-refractivity contribution in [2.45, 2.75) is 71.5 Å². The number of ether oxygens (including phenoxy) is 1. The third kappa shape index (κ3) is 4.09. The molecule has 0 radical (unpaired) electrons. The van der Waals surface area contributed by atoms with Crippen LogP contribution >= 0.6 is 0 Å². The van der Waals surface area contributed by atoms with Crippen LogP contribution in [0.2, 0.25) is 0 Å². The molecule has 2 aromatic carbocycles. The third-order valence-electron chi connectivity index (χ3n) is 6.66. The highest BCUT2D eigenvalue weighted by Gasteiger charge is 2.45. The molecule has 1 N–H and O–H groups in total. The topological polar surface area (TPSA) is 42.4 Å². The molecule has 3 nitrogen and oxygen atoms in total. The zero-order valence-corrected chi connectivity index (χ0v) is 18.2. The molecule has 0 amide bonds. The highest BCUT2D eigenvalue weighted by Crippen LogP contribution is 2.54. The number of benzene rings is 2. The lowest BCUT2D eigenvalue weighted by atomic mass is 9.74. The van der Waals surface area contributed by atoms with Crippen LogP contribution in [0, 0.1) is 5.41 Å². The highest BCUT2D eigenvalue weighted by atomic mass is 16.5. The van der Waals surface area contributed by atoms with Gasteiger partial charge < -0.3 is 9.84 Å². The molecule has 3 aromatic rings. The highest BCUT2D eigenvalue weighted by molar-refractivity contribution is 5.78. The molecule has 1 unspecified atom stereocenters. The second kappa shape index (κ2) is 9.18. The molecule has 0 aliphatic heterocycles. The minimum Gasteiger partial charge on any atom is -0.487 e. The zero-order valence-electron chi connectivity index (χ0n) is 18.2.